The van der Waals surface area contributed by atoms with Crippen molar-refractivity contribution in [2.24, 2.45) is 0 Å². The second-order valence-corrected chi connectivity index (χ2v) is 4.07. The van der Waals surface area contributed by atoms with Crippen LogP contribution in [0.2, 0.25) is 0 Å². The largest absolute Gasteiger partial charge is 0.477 e. The van der Waals surface area contributed by atoms with Gasteiger partial charge in [-0.3, -0.25) is 0 Å². The van der Waals surface area contributed by atoms with E-state index in [0.29, 0.717) is 11.9 Å². The maximum absolute atomic E-state index is 10.9. The van der Waals surface area contributed by atoms with Gasteiger partial charge >= 0.3 is 5.97 Å². The molecule has 0 spiro atoms. The third-order valence-electron chi connectivity index (χ3n) is 2.89. The third kappa shape index (κ3) is 2.48. The highest BCUT2D eigenvalue weighted by atomic mass is 16.4. The summed E-state index contributed by atoms with van der Waals surface area (Å²) in [5, 5.41) is 12.2. The number of carboxylic acid groups (broad SMARTS) is 1. The maximum Gasteiger partial charge on any atom is 0.341 e. The fourth-order valence-corrected chi connectivity index (χ4v) is 2.04. The average molecular weight is 221 g/mol. The predicted octanol–water partition coefficient (Wildman–Crippen LogP) is 1.92. The first kappa shape index (κ1) is 10.9. The number of nitrogens with one attached hydrogen (secondary N) is 1. The molecule has 0 aromatic carbocycles. The molecule has 0 aliphatic heterocycles. The van der Waals surface area contributed by atoms with Crippen molar-refractivity contribution in [3.05, 3.63) is 18.1 Å². The van der Waals surface area contributed by atoms with Crippen molar-refractivity contribution in [1.29, 1.82) is 0 Å². The number of nitrogens with zero attached hydrogens (tertiary/aromatic N) is 2. The molecular formula is C11H15N3O2. The smallest absolute Gasteiger partial charge is 0.341 e. The molecule has 2 rings (SSSR count). The van der Waals surface area contributed by atoms with E-state index < -0.39 is 5.97 Å². The molecule has 2 N–H and O–H groups in total. The Morgan fingerprint density at radius 2 is 2.12 bits per heavy atom. The minimum Gasteiger partial charge on any atom is -0.477 e. The van der Waals surface area contributed by atoms with Crippen molar-refractivity contribution in [2.75, 3.05) is 5.32 Å². The van der Waals surface area contributed by atoms with Crippen LogP contribution in [0.15, 0.2) is 12.5 Å². The number of carbonyl (C=O) groups is 1. The van der Waals surface area contributed by atoms with Crippen molar-refractivity contribution >= 4 is 11.8 Å². The van der Waals surface area contributed by atoms with E-state index in [-0.39, 0.29) is 5.56 Å². The Hall–Kier alpha value is -1.65. The zero-order valence-corrected chi connectivity index (χ0v) is 9.02. The summed E-state index contributed by atoms with van der Waals surface area (Å²) < 4.78 is 0. The Labute approximate surface area is 93.9 Å². The van der Waals surface area contributed by atoms with Gasteiger partial charge in [0, 0.05) is 12.2 Å². The van der Waals surface area contributed by atoms with E-state index in [2.05, 4.69) is 15.3 Å². The molecule has 0 unspecified atom stereocenters. The summed E-state index contributed by atoms with van der Waals surface area (Å²) in [7, 11) is 0. The van der Waals surface area contributed by atoms with E-state index in [1.807, 2.05) is 0 Å². The molecule has 0 bridgehead atoms. The van der Waals surface area contributed by atoms with Gasteiger partial charge < -0.3 is 10.4 Å². The molecule has 5 heteroatoms. The summed E-state index contributed by atoms with van der Waals surface area (Å²) >= 11 is 0. The van der Waals surface area contributed by atoms with Gasteiger partial charge in [0.15, 0.2) is 0 Å². The molecule has 0 amide bonds. The lowest BCUT2D eigenvalue weighted by atomic mass is 9.95. The maximum atomic E-state index is 10.9. The quantitative estimate of drug-likeness (QED) is 0.815. The highest BCUT2D eigenvalue weighted by Crippen LogP contribution is 2.21. The molecule has 1 saturated carbocycles. The second-order valence-electron chi connectivity index (χ2n) is 4.07. The van der Waals surface area contributed by atoms with Crippen LogP contribution in [0, 0.1) is 0 Å². The summed E-state index contributed by atoms with van der Waals surface area (Å²) in [6.45, 7) is 0. The SMILES string of the molecule is O=C(O)c1cncnc1NC1CCCCC1. The van der Waals surface area contributed by atoms with Crippen LogP contribution in [-0.4, -0.2) is 27.1 Å². The fraction of sp³-hybridized carbons (Fsp3) is 0.545. The summed E-state index contributed by atoms with van der Waals surface area (Å²) in [6, 6.07) is 0.349. The van der Waals surface area contributed by atoms with E-state index >= 15 is 0 Å². The van der Waals surface area contributed by atoms with Gasteiger partial charge in [-0.25, -0.2) is 14.8 Å². The molecule has 1 fully saturated rings. The van der Waals surface area contributed by atoms with E-state index in [9.17, 15) is 4.79 Å². The first-order valence-corrected chi connectivity index (χ1v) is 5.57. The molecule has 16 heavy (non-hydrogen) atoms. The highest BCUT2D eigenvalue weighted by Gasteiger charge is 2.17. The fourth-order valence-electron chi connectivity index (χ4n) is 2.04. The molecule has 0 atom stereocenters. The van der Waals surface area contributed by atoms with Crippen molar-refractivity contribution in [3.8, 4) is 0 Å². The van der Waals surface area contributed by atoms with Crippen molar-refractivity contribution in [1.82, 2.24) is 9.97 Å². The predicted molar refractivity (Wildman–Crippen MR) is 59.5 cm³/mol. The molecule has 1 aromatic heterocycles. The number of carboxylic acids is 1. The first-order chi connectivity index (χ1) is 7.77. The minimum atomic E-state index is -0.987. The Kier molecular flexibility index (Phi) is 3.34. The number of rotatable bonds is 3. The molecule has 0 radical (unpaired) electrons. The summed E-state index contributed by atoms with van der Waals surface area (Å²) in [5.41, 5.74) is 0.146. The second kappa shape index (κ2) is 4.92. The van der Waals surface area contributed by atoms with Gasteiger partial charge in [-0.05, 0) is 12.8 Å². The monoisotopic (exact) mass is 221 g/mol. The third-order valence-corrected chi connectivity index (χ3v) is 2.89. The molecule has 86 valence electrons. The van der Waals surface area contributed by atoms with Crippen LogP contribution in [0.5, 0.6) is 0 Å². The minimum absolute atomic E-state index is 0.146. The summed E-state index contributed by atoms with van der Waals surface area (Å²) in [6.07, 6.45) is 8.55. The van der Waals surface area contributed by atoms with E-state index in [1.54, 1.807) is 0 Å². The van der Waals surface area contributed by atoms with Gasteiger partial charge in [0.2, 0.25) is 0 Å². The van der Waals surface area contributed by atoms with Crippen LogP contribution in [0.4, 0.5) is 5.82 Å². The molecular weight excluding hydrogens is 206 g/mol. The Balaban J connectivity index is 2.10. The standard InChI is InChI=1S/C11H15N3O2/c15-11(16)9-6-12-7-13-10(9)14-8-4-2-1-3-5-8/h6-8H,1-5H2,(H,15,16)(H,12,13,14). The van der Waals surface area contributed by atoms with Crippen LogP contribution in [0.1, 0.15) is 42.5 Å². The number of aromatic carboxylic acids is 1. The molecule has 1 aromatic rings. The van der Waals surface area contributed by atoms with E-state index in [4.69, 9.17) is 5.11 Å². The van der Waals surface area contributed by atoms with E-state index in [1.165, 1.54) is 31.8 Å². The molecule has 1 aliphatic carbocycles. The number of hydrogen-bond acceptors (Lipinski definition) is 4. The van der Waals surface area contributed by atoms with Crippen LogP contribution >= 0.6 is 0 Å². The lowest BCUT2D eigenvalue weighted by molar-refractivity contribution is 0.0697. The highest BCUT2D eigenvalue weighted by molar-refractivity contribution is 5.92. The van der Waals surface area contributed by atoms with Gasteiger partial charge in [0.25, 0.3) is 0 Å². The van der Waals surface area contributed by atoms with Crippen LogP contribution in [0.3, 0.4) is 0 Å². The lowest BCUT2D eigenvalue weighted by Gasteiger charge is -2.23. The summed E-state index contributed by atoms with van der Waals surface area (Å²) in [4.78, 5) is 18.7. The Morgan fingerprint density at radius 1 is 1.38 bits per heavy atom. The lowest BCUT2D eigenvalue weighted by Crippen LogP contribution is -2.24. The van der Waals surface area contributed by atoms with Gasteiger partial charge in [-0.2, -0.15) is 0 Å². The van der Waals surface area contributed by atoms with Crippen molar-refractivity contribution < 1.29 is 9.90 Å². The Morgan fingerprint density at radius 3 is 2.81 bits per heavy atom. The van der Waals surface area contributed by atoms with Gasteiger partial charge in [-0.15, -0.1) is 0 Å². The first-order valence-electron chi connectivity index (χ1n) is 5.57. The zero-order chi connectivity index (χ0) is 11.4. The zero-order valence-electron chi connectivity index (χ0n) is 9.02. The number of hydrogen-bond donors (Lipinski definition) is 2. The number of anilines is 1. The normalized spacial score (nSPS) is 17.0. The summed E-state index contributed by atoms with van der Waals surface area (Å²) in [5.74, 6) is -0.548. The number of aromatic nitrogens is 2. The van der Waals surface area contributed by atoms with Crippen LogP contribution in [0.25, 0.3) is 0 Å². The molecule has 5 nitrogen and oxygen atoms in total. The molecule has 0 saturated heterocycles. The Bertz CT molecular complexity index is 375. The topological polar surface area (TPSA) is 75.1 Å². The van der Waals surface area contributed by atoms with Gasteiger partial charge in [-0.1, -0.05) is 19.3 Å². The van der Waals surface area contributed by atoms with Crippen molar-refractivity contribution in [2.45, 2.75) is 38.1 Å². The van der Waals surface area contributed by atoms with Crippen LogP contribution in [-0.2, 0) is 0 Å². The van der Waals surface area contributed by atoms with E-state index in [0.717, 1.165) is 12.8 Å². The van der Waals surface area contributed by atoms with Gasteiger partial charge in [0.1, 0.15) is 17.7 Å². The van der Waals surface area contributed by atoms with Crippen LogP contribution < -0.4 is 5.32 Å². The van der Waals surface area contributed by atoms with Crippen molar-refractivity contribution in [3.63, 3.8) is 0 Å². The van der Waals surface area contributed by atoms with Gasteiger partial charge in [0.05, 0.1) is 0 Å². The molecule has 1 aliphatic rings. The molecule has 1 heterocycles. The average Bonchev–Trinajstić information content (AvgIpc) is 2.31.